The highest BCUT2D eigenvalue weighted by molar-refractivity contribution is 5.80. The summed E-state index contributed by atoms with van der Waals surface area (Å²) >= 11 is 0. The van der Waals surface area contributed by atoms with Gasteiger partial charge >= 0.3 is 11.6 Å². The van der Waals surface area contributed by atoms with Crippen LogP contribution in [-0.2, 0) is 11.2 Å². The molecule has 10 nitrogen and oxygen atoms in total. The number of ether oxygens (including phenoxy) is 2. The minimum absolute atomic E-state index is 0.0945. The predicted molar refractivity (Wildman–Crippen MR) is 104 cm³/mol. The number of benzene rings is 2. The Morgan fingerprint density at radius 3 is 2.45 bits per heavy atom. The van der Waals surface area contributed by atoms with Crippen LogP contribution in [0.1, 0.15) is 5.56 Å². The average molecular weight is 395 g/mol. The molecule has 0 atom stereocenters. The molecule has 1 heterocycles. The van der Waals surface area contributed by atoms with E-state index in [1.165, 1.54) is 7.11 Å². The highest BCUT2D eigenvalue weighted by Gasteiger charge is 2.26. The van der Waals surface area contributed by atoms with Gasteiger partial charge in [0.25, 0.3) is 0 Å². The van der Waals surface area contributed by atoms with E-state index < -0.39 is 16.5 Å². The fourth-order valence-electron chi connectivity index (χ4n) is 2.45. The first kappa shape index (κ1) is 19.5. The number of anilines is 1. The average Bonchev–Trinajstić information content (AvgIpc) is 2.73. The zero-order chi connectivity index (χ0) is 20.6. The Kier molecular flexibility index (Phi) is 6.15. The molecular formula is C19H17N5O5. The first-order valence-electron chi connectivity index (χ1n) is 8.47. The van der Waals surface area contributed by atoms with Crippen LogP contribution in [-0.4, -0.2) is 27.9 Å². The Labute approximate surface area is 165 Å². The number of nitrogens with one attached hydrogen (secondary N) is 2. The van der Waals surface area contributed by atoms with E-state index in [1.54, 1.807) is 36.4 Å². The fraction of sp³-hybridized carbons (Fsp3) is 0.105. The minimum Gasteiger partial charge on any atom is -0.493 e. The second kappa shape index (κ2) is 9.13. The van der Waals surface area contributed by atoms with Gasteiger partial charge in [0.15, 0.2) is 11.5 Å². The molecule has 2 N–H and O–H groups in total. The standard InChI is InChI=1S/C19H17N5O5/c1-28-14-9-5-6-10-15(14)29-19-17(24(26)27)18(20-12-21-19)23-22-16(25)11-13-7-3-2-4-8-13/h2-10,12H,11H2,1H3,(H,22,25)(H,20,21,23). The molecule has 0 unspecified atom stereocenters. The van der Waals surface area contributed by atoms with E-state index in [1.807, 2.05) is 18.2 Å². The summed E-state index contributed by atoms with van der Waals surface area (Å²) in [6, 6.07) is 15.7. The van der Waals surface area contributed by atoms with Crippen LogP contribution in [0.25, 0.3) is 0 Å². The zero-order valence-electron chi connectivity index (χ0n) is 15.4. The highest BCUT2D eigenvalue weighted by atomic mass is 16.6. The molecule has 0 bridgehead atoms. The van der Waals surface area contributed by atoms with Crippen molar-refractivity contribution < 1.29 is 19.2 Å². The summed E-state index contributed by atoms with van der Waals surface area (Å²) in [5.74, 6) is -0.274. The largest absolute Gasteiger partial charge is 0.493 e. The second-order valence-electron chi connectivity index (χ2n) is 5.72. The minimum atomic E-state index is -0.698. The smallest absolute Gasteiger partial charge is 0.374 e. The van der Waals surface area contributed by atoms with Crippen LogP contribution in [0.15, 0.2) is 60.9 Å². The molecule has 0 radical (unpaired) electrons. The normalized spacial score (nSPS) is 10.1. The topological polar surface area (TPSA) is 129 Å². The van der Waals surface area contributed by atoms with Crippen LogP contribution in [0, 0.1) is 10.1 Å². The monoisotopic (exact) mass is 395 g/mol. The molecule has 0 saturated carbocycles. The number of nitro groups is 1. The number of amides is 1. The molecule has 0 aliphatic carbocycles. The number of rotatable bonds is 8. The summed E-state index contributed by atoms with van der Waals surface area (Å²) in [7, 11) is 1.45. The summed E-state index contributed by atoms with van der Waals surface area (Å²) in [5, 5.41) is 11.6. The number of hydrogen-bond donors (Lipinski definition) is 2. The summed E-state index contributed by atoms with van der Waals surface area (Å²) in [5.41, 5.74) is 5.12. The van der Waals surface area contributed by atoms with Crippen molar-refractivity contribution in [2.75, 3.05) is 12.5 Å². The molecule has 2 aromatic carbocycles. The Balaban J connectivity index is 1.78. The molecule has 3 aromatic rings. The number of carbonyl (C=O) groups excluding carboxylic acids is 1. The molecule has 0 aliphatic heterocycles. The van der Waals surface area contributed by atoms with E-state index in [0.717, 1.165) is 11.9 Å². The van der Waals surface area contributed by atoms with E-state index in [2.05, 4.69) is 20.8 Å². The molecule has 3 rings (SSSR count). The molecule has 0 fully saturated rings. The predicted octanol–water partition coefficient (Wildman–Crippen LogP) is 2.87. The number of aromatic nitrogens is 2. The fourth-order valence-corrected chi connectivity index (χ4v) is 2.45. The maximum Gasteiger partial charge on any atom is 0.374 e. The van der Waals surface area contributed by atoms with Crippen LogP contribution >= 0.6 is 0 Å². The maximum atomic E-state index is 12.1. The van der Waals surface area contributed by atoms with Gasteiger partial charge in [-0.3, -0.25) is 25.8 Å². The van der Waals surface area contributed by atoms with Crippen LogP contribution < -0.4 is 20.3 Å². The lowest BCUT2D eigenvalue weighted by atomic mass is 10.1. The molecular weight excluding hydrogens is 378 g/mol. The number of methoxy groups -OCH3 is 1. The van der Waals surface area contributed by atoms with Crippen molar-refractivity contribution in [1.29, 1.82) is 0 Å². The maximum absolute atomic E-state index is 12.1. The van der Waals surface area contributed by atoms with Crippen LogP contribution in [0.4, 0.5) is 11.5 Å². The Bertz CT molecular complexity index is 1010. The number of hydrazine groups is 1. The van der Waals surface area contributed by atoms with Crippen molar-refractivity contribution in [3.8, 4) is 17.4 Å². The second-order valence-corrected chi connectivity index (χ2v) is 5.72. The Morgan fingerprint density at radius 2 is 1.76 bits per heavy atom. The van der Waals surface area contributed by atoms with Gasteiger partial charge in [-0.05, 0) is 17.7 Å². The Hall–Kier alpha value is -4.21. The number of hydrogen-bond acceptors (Lipinski definition) is 8. The molecule has 1 aromatic heterocycles. The number of para-hydroxylation sites is 2. The van der Waals surface area contributed by atoms with E-state index in [-0.39, 0.29) is 23.9 Å². The van der Waals surface area contributed by atoms with Crippen molar-refractivity contribution in [1.82, 2.24) is 15.4 Å². The first-order chi connectivity index (χ1) is 14.1. The number of nitrogens with zero attached hydrogens (tertiary/aromatic N) is 3. The highest BCUT2D eigenvalue weighted by Crippen LogP contribution is 2.37. The molecule has 0 aliphatic rings. The summed E-state index contributed by atoms with van der Waals surface area (Å²) in [4.78, 5) is 30.7. The molecule has 148 valence electrons. The molecule has 10 heteroatoms. The van der Waals surface area contributed by atoms with Gasteiger partial charge in [0.2, 0.25) is 11.7 Å². The lowest BCUT2D eigenvalue weighted by Gasteiger charge is -2.11. The van der Waals surface area contributed by atoms with Gasteiger partial charge in [-0.2, -0.15) is 4.98 Å². The summed E-state index contributed by atoms with van der Waals surface area (Å²) in [6.45, 7) is 0. The first-order valence-corrected chi connectivity index (χ1v) is 8.47. The number of carbonyl (C=O) groups is 1. The van der Waals surface area contributed by atoms with Crippen LogP contribution in [0.3, 0.4) is 0 Å². The molecule has 0 spiro atoms. The van der Waals surface area contributed by atoms with Crippen molar-refractivity contribution in [3.05, 3.63) is 76.6 Å². The van der Waals surface area contributed by atoms with E-state index in [4.69, 9.17) is 9.47 Å². The van der Waals surface area contributed by atoms with Gasteiger partial charge in [0.05, 0.1) is 18.5 Å². The van der Waals surface area contributed by atoms with E-state index >= 15 is 0 Å². The third-order valence-corrected chi connectivity index (χ3v) is 3.77. The third kappa shape index (κ3) is 4.95. The van der Waals surface area contributed by atoms with Gasteiger partial charge < -0.3 is 9.47 Å². The van der Waals surface area contributed by atoms with Gasteiger partial charge in [-0.1, -0.05) is 42.5 Å². The summed E-state index contributed by atoms with van der Waals surface area (Å²) in [6.07, 6.45) is 1.18. The van der Waals surface area contributed by atoms with Crippen LogP contribution in [0.5, 0.6) is 17.4 Å². The van der Waals surface area contributed by atoms with Crippen molar-refractivity contribution in [3.63, 3.8) is 0 Å². The lowest BCUT2D eigenvalue weighted by Crippen LogP contribution is -2.31. The van der Waals surface area contributed by atoms with Gasteiger partial charge in [0, 0.05) is 0 Å². The van der Waals surface area contributed by atoms with Crippen LogP contribution in [0.2, 0.25) is 0 Å². The third-order valence-electron chi connectivity index (χ3n) is 3.77. The SMILES string of the molecule is COc1ccccc1Oc1ncnc(NNC(=O)Cc2ccccc2)c1[N+](=O)[O-]. The van der Waals surface area contributed by atoms with Crippen molar-refractivity contribution >= 4 is 17.4 Å². The zero-order valence-corrected chi connectivity index (χ0v) is 15.4. The summed E-state index contributed by atoms with van der Waals surface area (Å²) < 4.78 is 10.7. The van der Waals surface area contributed by atoms with Gasteiger partial charge in [-0.25, -0.2) is 4.98 Å². The van der Waals surface area contributed by atoms with Crippen molar-refractivity contribution in [2.45, 2.75) is 6.42 Å². The van der Waals surface area contributed by atoms with E-state index in [9.17, 15) is 14.9 Å². The van der Waals surface area contributed by atoms with Gasteiger partial charge in [0.1, 0.15) is 6.33 Å². The van der Waals surface area contributed by atoms with Crippen molar-refractivity contribution in [2.24, 2.45) is 0 Å². The molecule has 1 amide bonds. The quantitative estimate of drug-likeness (QED) is 0.440. The Morgan fingerprint density at radius 1 is 1.07 bits per heavy atom. The lowest BCUT2D eigenvalue weighted by molar-refractivity contribution is -0.385. The van der Waals surface area contributed by atoms with Gasteiger partial charge in [-0.15, -0.1) is 0 Å². The molecule has 0 saturated heterocycles. The molecule has 29 heavy (non-hydrogen) atoms. The van der Waals surface area contributed by atoms with E-state index in [0.29, 0.717) is 5.75 Å².